The molecule has 0 aliphatic heterocycles. The number of hydrogen-bond acceptors (Lipinski definition) is 5. The van der Waals surface area contributed by atoms with Crippen LogP contribution in [0, 0.1) is 6.92 Å². The number of ketones is 1. The fourth-order valence-corrected chi connectivity index (χ4v) is 1.62. The Balaban J connectivity index is 2.44. The summed E-state index contributed by atoms with van der Waals surface area (Å²) in [7, 11) is 1.51. The van der Waals surface area contributed by atoms with Crippen LogP contribution in [-0.2, 0) is 6.54 Å². The third-order valence-corrected chi connectivity index (χ3v) is 2.55. The second-order valence-electron chi connectivity index (χ2n) is 3.75. The molecule has 0 amide bonds. The normalized spacial score (nSPS) is 10.4. The molecule has 0 aliphatic rings. The van der Waals surface area contributed by atoms with E-state index in [4.69, 9.17) is 4.74 Å². The molecule has 2 aromatic heterocycles. The van der Waals surface area contributed by atoms with E-state index in [1.165, 1.54) is 19.5 Å². The Bertz CT molecular complexity index is 538. The zero-order valence-corrected chi connectivity index (χ0v) is 10.5. The molecule has 0 atom stereocenters. The number of aromatic nitrogens is 4. The summed E-state index contributed by atoms with van der Waals surface area (Å²) in [6, 6.07) is 0. The van der Waals surface area contributed by atoms with Crippen LogP contribution in [0.3, 0.4) is 0 Å². The molecule has 94 valence electrons. The van der Waals surface area contributed by atoms with E-state index in [1.54, 1.807) is 10.9 Å². The van der Waals surface area contributed by atoms with Crippen molar-refractivity contribution in [1.29, 1.82) is 0 Å². The average Bonchev–Trinajstić information content (AvgIpc) is 2.81. The molecule has 6 nitrogen and oxygen atoms in total. The molecule has 18 heavy (non-hydrogen) atoms. The Labute approximate surface area is 105 Å². The third kappa shape index (κ3) is 2.09. The molecule has 0 saturated heterocycles. The van der Waals surface area contributed by atoms with Gasteiger partial charge in [0.15, 0.2) is 11.4 Å². The van der Waals surface area contributed by atoms with Crippen LogP contribution in [0.5, 0.6) is 5.75 Å². The molecule has 0 radical (unpaired) electrons. The molecule has 0 unspecified atom stereocenters. The Morgan fingerprint density at radius 1 is 1.33 bits per heavy atom. The maximum absolute atomic E-state index is 12.3. The number of rotatable bonds is 4. The van der Waals surface area contributed by atoms with Gasteiger partial charge in [0, 0.05) is 12.7 Å². The van der Waals surface area contributed by atoms with E-state index in [0.717, 1.165) is 5.69 Å². The summed E-state index contributed by atoms with van der Waals surface area (Å²) in [6.45, 7) is 4.31. The van der Waals surface area contributed by atoms with E-state index in [9.17, 15) is 4.79 Å². The van der Waals surface area contributed by atoms with E-state index < -0.39 is 0 Å². The van der Waals surface area contributed by atoms with E-state index in [1.807, 2.05) is 13.8 Å². The van der Waals surface area contributed by atoms with Crippen molar-refractivity contribution in [2.75, 3.05) is 7.11 Å². The lowest BCUT2D eigenvalue weighted by molar-refractivity contribution is 0.102. The van der Waals surface area contributed by atoms with Gasteiger partial charge in [0.05, 0.1) is 25.2 Å². The van der Waals surface area contributed by atoms with Crippen molar-refractivity contribution in [3.05, 3.63) is 35.7 Å². The minimum Gasteiger partial charge on any atom is -0.493 e. The molecule has 0 fully saturated rings. The fourth-order valence-electron chi connectivity index (χ4n) is 1.62. The standard InChI is InChI=1S/C12H14N4O2/c1-4-16-11(10(18-3)7-15-16)12(17)9-6-13-8(2)5-14-9/h5-7H,4H2,1-3H3. The van der Waals surface area contributed by atoms with Gasteiger partial charge in [-0.2, -0.15) is 5.10 Å². The van der Waals surface area contributed by atoms with E-state index in [2.05, 4.69) is 15.1 Å². The van der Waals surface area contributed by atoms with Gasteiger partial charge in [0.2, 0.25) is 5.78 Å². The summed E-state index contributed by atoms with van der Waals surface area (Å²) in [5, 5.41) is 4.09. The van der Waals surface area contributed by atoms with Crippen LogP contribution >= 0.6 is 0 Å². The van der Waals surface area contributed by atoms with Gasteiger partial charge in [-0.25, -0.2) is 4.98 Å². The first kappa shape index (κ1) is 12.2. The maximum Gasteiger partial charge on any atom is 0.234 e. The van der Waals surface area contributed by atoms with Crippen molar-refractivity contribution in [2.45, 2.75) is 20.4 Å². The zero-order valence-electron chi connectivity index (χ0n) is 10.5. The monoisotopic (exact) mass is 246 g/mol. The van der Waals surface area contributed by atoms with Crippen molar-refractivity contribution in [2.24, 2.45) is 0 Å². The van der Waals surface area contributed by atoms with E-state index in [0.29, 0.717) is 18.0 Å². The summed E-state index contributed by atoms with van der Waals surface area (Å²) >= 11 is 0. The van der Waals surface area contributed by atoms with Crippen molar-refractivity contribution in [3.8, 4) is 5.75 Å². The molecular formula is C12H14N4O2. The first-order valence-electron chi connectivity index (χ1n) is 5.60. The van der Waals surface area contributed by atoms with Gasteiger partial charge in [0.1, 0.15) is 5.69 Å². The third-order valence-electron chi connectivity index (χ3n) is 2.55. The van der Waals surface area contributed by atoms with Crippen molar-refractivity contribution < 1.29 is 9.53 Å². The summed E-state index contributed by atoms with van der Waals surface area (Å²) < 4.78 is 6.73. The van der Waals surface area contributed by atoms with Gasteiger partial charge in [-0.3, -0.25) is 14.5 Å². The highest BCUT2D eigenvalue weighted by atomic mass is 16.5. The number of carbonyl (C=O) groups is 1. The number of nitrogens with zero attached hydrogens (tertiary/aromatic N) is 4. The minimum absolute atomic E-state index is 0.237. The topological polar surface area (TPSA) is 69.9 Å². The van der Waals surface area contributed by atoms with Crippen LogP contribution in [0.4, 0.5) is 0 Å². The summed E-state index contributed by atoms with van der Waals surface area (Å²) in [5.74, 6) is 0.211. The van der Waals surface area contributed by atoms with Crippen LogP contribution < -0.4 is 4.74 Å². The van der Waals surface area contributed by atoms with E-state index in [-0.39, 0.29) is 11.5 Å². The van der Waals surface area contributed by atoms with Gasteiger partial charge in [-0.05, 0) is 13.8 Å². The minimum atomic E-state index is -0.237. The smallest absolute Gasteiger partial charge is 0.234 e. The van der Waals surface area contributed by atoms with Gasteiger partial charge >= 0.3 is 0 Å². The first-order chi connectivity index (χ1) is 8.67. The Kier molecular flexibility index (Phi) is 3.36. The molecule has 0 spiro atoms. The van der Waals surface area contributed by atoms with Gasteiger partial charge < -0.3 is 4.74 Å². The number of methoxy groups -OCH3 is 1. The van der Waals surface area contributed by atoms with Gasteiger partial charge in [0.25, 0.3) is 0 Å². The Morgan fingerprint density at radius 2 is 2.11 bits per heavy atom. The van der Waals surface area contributed by atoms with Gasteiger partial charge in [-0.1, -0.05) is 0 Å². The number of hydrogen-bond donors (Lipinski definition) is 0. The highest BCUT2D eigenvalue weighted by Gasteiger charge is 2.21. The van der Waals surface area contributed by atoms with Crippen molar-refractivity contribution in [3.63, 3.8) is 0 Å². The Hall–Kier alpha value is -2.24. The van der Waals surface area contributed by atoms with E-state index >= 15 is 0 Å². The molecule has 0 aliphatic carbocycles. The Morgan fingerprint density at radius 3 is 2.67 bits per heavy atom. The number of ether oxygens (including phenoxy) is 1. The first-order valence-corrected chi connectivity index (χ1v) is 5.60. The molecule has 2 rings (SSSR count). The van der Waals surface area contributed by atoms with Crippen LogP contribution in [-0.4, -0.2) is 32.6 Å². The predicted molar refractivity (Wildman–Crippen MR) is 64.7 cm³/mol. The lowest BCUT2D eigenvalue weighted by atomic mass is 10.2. The van der Waals surface area contributed by atoms with Gasteiger partial charge in [-0.15, -0.1) is 0 Å². The SMILES string of the molecule is CCn1ncc(OC)c1C(=O)c1cnc(C)cn1. The maximum atomic E-state index is 12.3. The predicted octanol–water partition coefficient (Wildman–Crippen LogP) is 1.24. The molecule has 6 heteroatoms. The molecule has 0 bridgehead atoms. The highest BCUT2D eigenvalue weighted by Crippen LogP contribution is 2.20. The molecule has 2 heterocycles. The molecule has 0 N–H and O–H groups in total. The molecular weight excluding hydrogens is 232 g/mol. The van der Waals surface area contributed by atoms with Crippen LogP contribution in [0.2, 0.25) is 0 Å². The lowest BCUT2D eigenvalue weighted by Gasteiger charge is -2.05. The molecule has 0 saturated carbocycles. The fraction of sp³-hybridized carbons (Fsp3) is 0.333. The van der Waals surface area contributed by atoms with Crippen LogP contribution in [0.1, 0.15) is 28.8 Å². The quantitative estimate of drug-likeness (QED) is 0.759. The second-order valence-corrected chi connectivity index (χ2v) is 3.75. The number of aryl methyl sites for hydroxylation is 2. The van der Waals surface area contributed by atoms with Crippen LogP contribution in [0.15, 0.2) is 18.6 Å². The summed E-state index contributed by atoms with van der Waals surface area (Å²) in [6.07, 6.45) is 4.55. The number of carbonyl (C=O) groups excluding carboxylic acids is 1. The molecule has 0 aromatic carbocycles. The van der Waals surface area contributed by atoms with Crippen molar-refractivity contribution >= 4 is 5.78 Å². The zero-order chi connectivity index (χ0) is 13.1. The highest BCUT2D eigenvalue weighted by molar-refractivity contribution is 6.08. The second kappa shape index (κ2) is 4.95. The summed E-state index contributed by atoms with van der Waals surface area (Å²) in [5.41, 5.74) is 1.45. The summed E-state index contributed by atoms with van der Waals surface area (Å²) in [4.78, 5) is 20.5. The molecule has 2 aromatic rings. The van der Waals surface area contributed by atoms with Crippen molar-refractivity contribution in [1.82, 2.24) is 19.7 Å². The largest absolute Gasteiger partial charge is 0.493 e. The van der Waals surface area contributed by atoms with Crippen LogP contribution in [0.25, 0.3) is 0 Å². The average molecular weight is 246 g/mol. The lowest BCUT2D eigenvalue weighted by Crippen LogP contribution is -2.13.